The number of nitrogens with zero attached hydrogens (tertiary/aromatic N) is 4. The van der Waals surface area contributed by atoms with Crippen LogP contribution in [0.15, 0.2) is 36.9 Å². The Balaban J connectivity index is 1.75. The topological polar surface area (TPSA) is 86.8 Å². The minimum absolute atomic E-state index is 0.0955. The number of hydrogen-bond donors (Lipinski definition) is 1. The lowest BCUT2D eigenvalue weighted by atomic mass is 9.79. The molecule has 1 fully saturated rings. The summed E-state index contributed by atoms with van der Waals surface area (Å²) in [6.07, 6.45) is 8.39. The number of nitrogens with two attached hydrogens (primary N) is 1. The number of ether oxygens (including phenoxy) is 1. The molecule has 3 aromatic rings. The highest BCUT2D eigenvalue weighted by Crippen LogP contribution is 2.44. The molecule has 138 valence electrons. The van der Waals surface area contributed by atoms with E-state index in [1.54, 1.807) is 6.07 Å². The lowest BCUT2D eigenvalue weighted by Gasteiger charge is -2.28. The lowest BCUT2D eigenvalue weighted by molar-refractivity contribution is 0.377. The van der Waals surface area contributed by atoms with Crippen molar-refractivity contribution >= 4 is 5.82 Å². The van der Waals surface area contributed by atoms with Gasteiger partial charge in [-0.25, -0.2) is 18.7 Å². The van der Waals surface area contributed by atoms with Gasteiger partial charge in [-0.05, 0) is 24.8 Å². The van der Waals surface area contributed by atoms with Gasteiger partial charge in [0.1, 0.15) is 12.5 Å². The molecule has 1 saturated carbocycles. The third kappa shape index (κ3) is 3.42. The summed E-state index contributed by atoms with van der Waals surface area (Å²) < 4.78 is 33.7. The lowest BCUT2D eigenvalue weighted by Crippen LogP contribution is -2.11. The Morgan fingerprint density at radius 2 is 1.89 bits per heavy atom. The summed E-state index contributed by atoms with van der Waals surface area (Å²) >= 11 is 0. The van der Waals surface area contributed by atoms with Gasteiger partial charge in [-0.2, -0.15) is 0 Å². The Morgan fingerprint density at radius 1 is 1.04 bits per heavy atom. The summed E-state index contributed by atoms with van der Waals surface area (Å²) in [5, 5.41) is 0. The normalized spacial score (nSPS) is 14.0. The largest absolute Gasteiger partial charge is 0.434 e. The van der Waals surface area contributed by atoms with Gasteiger partial charge in [0.2, 0.25) is 5.88 Å². The molecule has 0 bridgehead atoms. The second kappa shape index (κ2) is 7.22. The first-order valence-corrected chi connectivity index (χ1v) is 8.60. The Bertz CT molecular complexity index is 944. The first kappa shape index (κ1) is 17.3. The number of anilines is 1. The summed E-state index contributed by atoms with van der Waals surface area (Å²) in [5.41, 5.74) is 7.13. The molecule has 0 unspecified atom stereocenters. The molecule has 0 spiro atoms. The summed E-state index contributed by atoms with van der Waals surface area (Å²) in [6.45, 7) is -0.722. The average molecular weight is 369 g/mol. The smallest absolute Gasteiger partial charge is 0.238 e. The minimum Gasteiger partial charge on any atom is -0.434 e. The highest BCUT2D eigenvalue weighted by Gasteiger charge is 2.27. The van der Waals surface area contributed by atoms with Crippen molar-refractivity contribution in [3.63, 3.8) is 0 Å². The summed E-state index contributed by atoms with van der Waals surface area (Å²) in [5.74, 6) is 0.143. The van der Waals surface area contributed by atoms with Crippen LogP contribution in [0.4, 0.5) is 14.6 Å². The highest BCUT2D eigenvalue weighted by atomic mass is 19.1. The van der Waals surface area contributed by atoms with Crippen molar-refractivity contribution in [2.24, 2.45) is 0 Å². The zero-order valence-corrected chi connectivity index (χ0v) is 14.4. The van der Waals surface area contributed by atoms with E-state index in [1.807, 2.05) is 6.07 Å². The third-order valence-electron chi connectivity index (χ3n) is 4.65. The molecule has 0 amide bonds. The molecule has 2 N–H and O–H groups in total. The predicted molar refractivity (Wildman–Crippen MR) is 95.3 cm³/mol. The van der Waals surface area contributed by atoms with Gasteiger partial charge >= 0.3 is 0 Å². The number of halogens is 2. The van der Waals surface area contributed by atoms with E-state index in [-0.39, 0.29) is 34.6 Å². The van der Waals surface area contributed by atoms with Crippen LogP contribution in [0.5, 0.6) is 11.6 Å². The van der Waals surface area contributed by atoms with Crippen molar-refractivity contribution in [2.45, 2.75) is 31.9 Å². The maximum atomic E-state index is 15.3. The van der Waals surface area contributed by atoms with Gasteiger partial charge in [0.05, 0.1) is 36.2 Å². The number of benzene rings is 1. The quantitative estimate of drug-likeness (QED) is 0.726. The van der Waals surface area contributed by atoms with E-state index in [2.05, 4.69) is 19.9 Å². The molecular weight excluding hydrogens is 352 g/mol. The monoisotopic (exact) mass is 369 g/mol. The second-order valence-corrected chi connectivity index (χ2v) is 6.38. The maximum absolute atomic E-state index is 15.3. The first-order valence-electron chi connectivity index (χ1n) is 8.60. The summed E-state index contributed by atoms with van der Waals surface area (Å²) in [7, 11) is 0. The average Bonchev–Trinajstić information content (AvgIpc) is 2.65. The van der Waals surface area contributed by atoms with E-state index in [0.717, 1.165) is 24.8 Å². The molecule has 0 atom stereocenters. The van der Waals surface area contributed by atoms with Crippen molar-refractivity contribution in [1.29, 1.82) is 0 Å². The molecule has 0 aliphatic heterocycles. The van der Waals surface area contributed by atoms with Gasteiger partial charge in [-0.1, -0.05) is 12.5 Å². The number of rotatable bonds is 5. The molecule has 0 radical (unpaired) electrons. The summed E-state index contributed by atoms with van der Waals surface area (Å²) in [6, 6.07) is 3.52. The van der Waals surface area contributed by atoms with Crippen LogP contribution in [0.3, 0.4) is 0 Å². The van der Waals surface area contributed by atoms with E-state index in [4.69, 9.17) is 10.5 Å². The van der Waals surface area contributed by atoms with Crippen LogP contribution in [-0.4, -0.2) is 19.9 Å². The van der Waals surface area contributed by atoms with E-state index >= 15 is 4.39 Å². The molecule has 1 aliphatic rings. The number of aromatic nitrogens is 4. The fourth-order valence-corrected chi connectivity index (χ4v) is 2.96. The number of nitrogen functional groups attached to an aromatic ring is 1. The van der Waals surface area contributed by atoms with Crippen molar-refractivity contribution in [3.05, 3.63) is 54.0 Å². The van der Waals surface area contributed by atoms with Crippen LogP contribution in [0.2, 0.25) is 0 Å². The van der Waals surface area contributed by atoms with Crippen molar-refractivity contribution < 1.29 is 13.5 Å². The molecule has 1 aromatic carbocycles. The molecule has 2 aromatic heterocycles. The van der Waals surface area contributed by atoms with E-state index in [1.165, 1.54) is 24.8 Å². The van der Waals surface area contributed by atoms with Gasteiger partial charge in [0.25, 0.3) is 0 Å². The highest BCUT2D eigenvalue weighted by molar-refractivity contribution is 5.64. The van der Waals surface area contributed by atoms with Crippen LogP contribution in [0.1, 0.15) is 36.4 Å². The second-order valence-electron chi connectivity index (χ2n) is 6.38. The number of alkyl halides is 1. The Kier molecular flexibility index (Phi) is 4.62. The van der Waals surface area contributed by atoms with E-state index in [0.29, 0.717) is 5.69 Å². The minimum atomic E-state index is -0.722. The molecular formula is C19H17F2N5O. The Labute approximate surface area is 154 Å². The fraction of sp³-hybridized carbons (Fsp3) is 0.263. The van der Waals surface area contributed by atoms with Crippen LogP contribution in [0.25, 0.3) is 11.3 Å². The Hall–Kier alpha value is -3.16. The zero-order chi connectivity index (χ0) is 18.8. The van der Waals surface area contributed by atoms with Crippen LogP contribution >= 0.6 is 0 Å². The maximum Gasteiger partial charge on any atom is 0.238 e. The third-order valence-corrected chi connectivity index (χ3v) is 4.65. The molecule has 6 nitrogen and oxygen atoms in total. The first-order chi connectivity index (χ1) is 13.2. The van der Waals surface area contributed by atoms with Gasteiger partial charge in [-0.3, -0.25) is 9.97 Å². The van der Waals surface area contributed by atoms with Gasteiger partial charge < -0.3 is 10.5 Å². The fourth-order valence-electron chi connectivity index (χ4n) is 2.96. The standard InChI is InChI=1S/C19H17F2N5O/c20-6-12-7-26-17(10-23-12)27-19-13(11-2-1-3-11)4-5-14(18(19)21)15-8-25-16(22)9-24-15/h4-5,7-11H,1-3,6H2,(H2,22,25). The molecule has 4 rings (SSSR count). The molecule has 2 heterocycles. The predicted octanol–water partition coefficient (Wildman–Crippen LogP) is 4.18. The molecule has 1 aliphatic carbocycles. The van der Waals surface area contributed by atoms with Crippen LogP contribution in [-0.2, 0) is 6.67 Å². The molecule has 8 heteroatoms. The number of hydrogen-bond acceptors (Lipinski definition) is 6. The Morgan fingerprint density at radius 3 is 2.48 bits per heavy atom. The van der Waals surface area contributed by atoms with Gasteiger partial charge in [0.15, 0.2) is 11.6 Å². The van der Waals surface area contributed by atoms with Crippen molar-refractivity contribution in [1.82, 2.24) is 19.9 Å². The summed E-state index contributed by atoms with van der Waals surface area (Å²) in [4.78, 5) is 16.0. The van der Waals surface area contributed by atoms with Crippen LogP contribution < -0.4 is 10.5 Å². The van der Waals surface area contributed by atoms with E-state index in [9.17, 15) is 4.39 Å². The van der Waals surface area contributed by atoms with Crippen molar-refractivity contribution in [3.8, 4) is 22.9 Å². The SMILES string of the molecule is Nc1cnc(-c2ccc(C3CCC3)c(Oc3cnc(CF)cn3)c2F)cn1. The zero-order valence-electron chi connectivity index (χ0n) is 14.4. The molecule has 0 saturated heterocycles. The van der Waals surface area contributed by atoms with Gasteiger partial charge in [-0.15, -0.1) is 0 Å². The van der Waals surface area contributed by atoms with Crippen molar-refractivity contribution in [2.75, 3.05) is 5.73 Å². The molecule has 27 heavy (non-hydrogen) atoms. The van der Waals surface area contributed by atoms with Gasteiger partial charge in [0, 0.05) is 11.1 Å². The van der Waals surface area contributed by atoms with E-state index < -0.39 is 12.5 Å². The van der Waals surface area contributed by atoms with Crippen LogP contribution in [0, 0.1) is 5.82 Å².